The van der Waals surface area contributed by atoms with Crippen LogP contribution in [-0.4, -0.2) is 45.0 Å². The van der Waals surface area contributed by atoms with Gasteiger partial charge in [-0.05, 0) is 36.4 Å². The summed E-state index contributed by atoms with van der Waals surface area (Å²) < 4.78 is 66.1. The van der Waals surface area contributed by atoms with Crippen molar-refractivity contribution < 1.29 is 41.4 Å². The van der Waals surface area contributed by atoms with E-state index in [9.17, 15) is 27.2 Å². The Kier molecular flexibility index (Phi) is 7.09. The summed E-state index contributed by atoms with van der Waals surface area (Å²) in [4.78, 5) is 24.0. The summed E-state index contributed by atoms with van der Waals surface area (Å²) in [5.41, 5.74) is 5.01. The van der Waals surface area contributed by atoms with Crippen LogP contribution in [0.4, 0.5) is 23.2 Å². The first kappa shape index (κ1) is 22.8. The molecule has 0 aromatic heterocycles. The first-order valence-corrected chi connectivity index (χ1v) is 8.35. The van der Waals surface area contributed by atoms with Gasteiger partial charge in [-0.3, -0.25) is 9.59 Å². The van der Waals surface area contributed by atoms with Gasteiger partial charge in [-0.2, -0.15) is 8.78 Å². The lowest BCUT2D eigenvalue weighted by Crippen LogP contribution is -2.34. The van der Waals surface area contributed by atoms with Crippen LogP contribution in [0, 0.1) is 0 Å². The number of hydrogen-bond donors (Lipinski definition) is 2. The molecular weight excluding hydrogens is 412 g/mol. The van der Waals surface area contributed by atoms with Crippen molar-refractivity contribution >= 4 is 17.5 Å². The molecule has 2 aromatic carbocycles. The smallest absolute Gasteiger partial charge is 0.340 e. The molecule has 0 aliphatic heterocycles. The third-order valence-electron chi connectivity index (χ3n) is 3.90. The molecule has 0 aliphatic rings. The molecule has 0 saturated carbocycles. The molecule has 0 fully saturated rings. The van der Waals surface area contributed by atoms with E-state index >= 15 is 0 Å². The van der Waals surface area contributed by atoms with Crippen LogP contribution < -0.4 is 25.3 Å². The lowest BCUT2D eigenvalue weighted by Gasteiger charge is -2.18. The summed E-state index contributed by atoms with van der Waals surface area (Å²) >= 11 is 0. The standard InChI is InChI=1S/C19H18F4N2O5/c1-28-14-6-4-11(8-15(14)29-2)17(27)25-12-7-10(16(24)26)3-5-13(12)30-9-19(22,23)18(20)21/h3-8,18H,9H2,1-2H3,(H2,24,26)(H,25,27). The van der Waals surface area contributed by atoms with E-state index in [1.54, 1.807) is 0 Å². The van der Waals surface area contributed by atoms with Crippen LogP contribution in [0.3, 0.4) is 0 Å². The quantitative estimate of drug-likeness (QED) is 0.595. The summed E-state index contributed by atoms with van der Waals surface area (Å²) in [6.07, 6.45) is -3.94. The van der Waals surface area contributed by atoms with Crippen LogP contribution >= 0.6 is 0 Å². The fraction of sp³-hybridized carbons (Fsp3) is 0.263. The predicted octanol–water partition coefficient (Wildman–Crippen LogP) is 3.33. The maximum absolute atomic E-state index is 13.2. The molecule has 2 amide bonds. The van der Waals surface area contributed by atoms with Gasteiger partial charge in [-0.15, -0.1) is 0 Å². The van der Waals surface area contributed by atoms with Crippen LogP contribution in [0.2, 0.25) is 0 Å². The van der Waals surface area contributed by atoms with E-state index in [0.717, 1.165) is 18.2 Å². The molecule has 162 valence electrons. The van der Waals surface area contributed by atoms with Gasteiger partial charge in [0.25, 0.3) is 5.91 Å². The zero-order valence-electron chi connectivity index (χ0n) is 15.9. The number of methoxy groups -OCH3 is 2. The minimum Gasteiger partial charge on any atom is -0.493 e. The second kappa shape index (κ2) is 9.33. The largest absolute Gasteiger partial charge is 0.493 e. The number of ether oxygens (including phenoxy) is 3. The van der Waals surface area contributed by atoms with E-state index in [4.69, 9.17) is 19.9 Å². The zero-order chi connectivity index (χ0) is 22.5. The monoisotopic (exact) mass is 430 g/mol. The van der Waals surface area contributed by atoms with E-state index in [-0.39, 0.29) is 28.3 Å². The SMILES string of the molecule is COc1ccc(C(=O)Nc2cc(C(N)=O)ccc2OCC(F)(F)C(F)F)cc1OC. The molecule has 30 heavy (non-hydrogen) atoms. The van der Waals surface area contributed by atoms with Gasteiger partial charge in [0.15, 0.2) is 18.1 Å². The molecule has 0 atom stereocenters. The molecule has 11 heteroatoms. The maximum Gasteiger partial charge on any atom is 0.340 e. The zero-order valence-corrected chi connectivity index (χ0v) is 15.9. The number of anilines is 1. The normalized spacial score (nSPS) is 11.2. The number of nitrogens with two attached hydrogens (primary N) is 1. The van der Waals surface area contributed by atoms with Gasteiger partial charge in [0.2, 0.25) is 5.91 Å². The minimum atomic E-state index is -4.41. The van der Waals surface area contributed by atoms with E-state index in [1.165, 1.54) is 32.4 Å². The number of hydrogen-bond acceptors (Lipinski definition) is 5. The minimum absolute atomic E-state index is 0.0643. The van der Waals surface area contributed by atoms with Gasteiger partial charge < -0.3 is 25.3 Å². The average Bonchev–Trinajstić information content (AvgIpc) is 2.71. The fourth-order valence-electron chi connectivity index (χ4n) is 2.32. The Morgan fingerprint density at radius 3 is 2.17 bits per heavy atom. The Balaban J connectivity index is 2.33. The lowest BCUT2D eigenvalue weighted by molar-refractivity contribution is -0.148. The highest BCUT2D eigenvalue weighted by atomic mass is 19.3. The van der Waals surface area contributed by atoms with Crippen molar-refractivity contribution in [2.24, 2.45) is 5.73 Å². The Bertz CT molecular complexity index is 937. The van der Waals surface area contributed by atoms with Crippen molar-refractivity contribution in [2.75, 3.05) is 26.1 Å². The topological polar surface area (TPSA) is 99.9 Å². The summed E-state index contributed by atoms with van der Waals surface area (Å²) in [7, 11) is 2.77. The Labute approximate surface area is 168 Å². The Morgan fingerprint density at radius 1 is 1.00 bits per heavy atom. The van der Waals surface area contributed by atoms with Crippen LogP contribution in [0.25, 0.3) is 0 Å². The van der Waals surface area contributed by atoms with E-state index in [2.05, 4.69) is 5.32 Å². The number of carbonyl (C=O) groups is 2. The number of amides is 2. The number of rotatable bonds is 9. The van der Waals surface area contributed by atoms with Crippen LogP contribution in [0.15, 0.2) is 36.4 Å². The first-order chi connectivity index (χ1) is 14.1. The third kappa shape index (κ3) is 5.31. The molecule has 2 aromatic rings. The first-order valence-electron chi connectivity index (χ1n) is 8.35. The number of primary amides is 1. The van der Waals surface area contributed by atoms with E-state index in [1.807, 2.05) is 0 Å². The number of nitrogens with one attached hydrogen (secondary N) is 1. The Morgan fingerprint density at radius 2 is 1.60 bits per heavy atom. The summed E-state index contributed by atoms with van der Waals surface area (Å²) in [5.74, 6) is -5.72. The second-order valence-corrected chi connectivity index (χ2v) is 5.95. The maximum atomic E-state index is 13.2. The molecule has 0 saturated heterocycles. The molecule has 3 N–H and O–H groups in total. The van der Waals surface area contributed by atoms with E-state index < -0.39 is 30.8 Å². The van der Waals surface area contributed by atoms with Crippen molar-refractivity contribution in [2.45, 2.75) is 12.3 Å². The number of halogens is 4. The molecule has 0 aliphatic carbocycles. The van der Waals surface area contributed by atoms with Crippen molar-refractivity contribution in [3.05, 3.63) is 47.5 Å². The van der Waals surface area contributed by atoms with Crippen molar-refractivity contribution in [1.29, 1.82) is 0 Å². The van der Waals surface area contributed by atoms with Crippen LogP contribution in [0.5, 0.6) is 17.2 Å². The van der Waals surface area contributed by atoms with Gasteiger partial charge >= 0.3 is 12.3 Å². The van der Waals surface area contributed by atoms with Gasteiger partial charge in [-0.25, -0.2) is 8.78 Å². The van der Waals surface area contributed by atoms with Crippen molar-refractivity contribution in [1.82, 2.24) is 0 Å². The third-order valence-corrected chi connectivity index (χ3v) is 3.90. The second-order valence-electron chi connectivity index (χ2n) is 5.95. The van der Waals surface area contributed by atoms with Crippen LogP contribution in [0.1, 0.15) is 20.7 Å². The predicted molar refractivity (Wildman–Crippen MR) is 98.9 cm³/mol. The average molecular weight is 430 g/mol. The van der Waals surface area contributed by atoms with Gasteiger partial charge in [0, 0.05) is 11.1 Å². The van der Waals surface area contributed by atoms with Gasteiger partial charge in [-0.1, -0.05) is 0 Å². The summed E-state index contributed by atoms with van der Waals surface area (Å²) in [5, 5.41) is 2.38. The summed E-state index contributed by atoms with van der Waals surface area (Å²) in [6.45, 7) is -1.64. The molecule has 0 bridgehead atoms. The fourth-order valence-corrected chi connectivity index (χ4v) is 2.32. The van der Waals surface area contributed by atoms with Crippen LogP contribution in [-0.2, 0) is 0 Å². The number of benzene rings is 2. The molecule has 2 rings (SSSR count). The molecule has 0 radical (unpaired) electrons. The van der Waals surface area contributed by atoms with Gasteiger partial charge in [0.05, 0.1) is 19.9 Å². The van der Waals surface area contributed by atoms with Gasteiger partial charge in [0.1, 0.15) is 5.75 Å². The molecule has 0 spiro atoms. The molecule has 7 nitrogen and oxygen atoms in total. The highest BCUT2D eigenvalue weighted by Gasteiger charge is 2.42. The Hall–Kier alpha value is -3.50. The molecule has 0 heterocycles. The molecular formula is C19H18F4N2O5. The highest BCUT2D eigenvalue weighted by Crippen LogP contribution is 2.31. The number of alkyl halides is 4. The summed E-state index contributed by atoms with van der Waals surface area (Å²) in [6, 6.07) is 7.51. The highest BCUT2D eigenvalue weighted by molar-refractivity contribution is 6.06. The molecule has 0 unspecified atom stereocenters. The van der Waals surface area contributed by atoms with E-state index in [0.29, 0.717) is 5.75 Å². The van der Waals surface area contributed by atoms with Crippen molar-refractivity contribution in [3.63, 3.8) is 0 Å². The number of carbonyl (C=O) groups excluding carboxylic acids is 2. The van der Waals surface area contributed by atoms with Crippen molar-refractivity contribution in [3.8, 4) is 17.2 Å². The lowest BCUT2D eigenvalue weighted by atomic mass is 10.1.